The third-order valence-corrected chi connectivity index (χ3v) is 4.00. The number of para-hydroxylation sites is 2. The van der Waals surface area contributed by atoms with Gasteiger partial charge in [-0.25, -0.2) is 4.98 Å². The molecule has 5 nitrogen and oxygen atoms in total. The predicted octanol–water partition coefficient (Wildman–Crippen LogP) is 3.68. The Hall–Kier alpha value is -2.60. The minimum absolute atomic E-state index is 0.0545. The molecule has 2 heterocycles. The lowest BCUT2D eigenvalue weighted by atomic mass is 10.1. The molecule has 0 saturated carbocycles. The highest BCUT2D eigenvalue weighted by Gasteiger charge is 2.17. The molecule has 2 aromatic heterocycles. The van der Waals surface area contributed by atoms with Crippen molar-refractivity contribution in [3.05, 3.63) is 57.2 Å². The molecule has 22 heavy (non-hydrogen) atoms. The zero-order valence-corrected chi connectivity index (χ0v) is 12.8. The first-order valence-corrected chi connectivity index (χ1v) is 7.40. The fraction of sp³-hybridized carbons (Fsp3) is 0. The van der Waals surface area contributed by atoms with Gasteiger partial charge in [-0.1, -0.05) is 28.1 Å². The van der Waals surface area contributed by atoms with Gasteiger partial charge in [0.25, 0.3) is 0 Å². The number of rotatable bonds is 1. The standard InChI is InChI=1S/C16H10BrN3O2/c17-8-5-6-12-9(7-8)14(21)13(15(18)22-12)16-19-10-3-1-2-4-11(10)20-16/h1-7H,18H2,(H,19,20). The van der Waals surface area contributed by atoms with E-state index in [1.54, 1.807) is 18.2 Å². The van der Waals surface area contributed by atoms with E-state index in [1.165, 1.54) is 0 Å². The number of benzene rings is 2. The van der Waals surface area contributed by atoms with Gasteiger partial charge < -0.3 is 15.1 Å². The molecule has 0 fully saturated rings. The van der Waals surface area contributed by atoms with Crippen LogP contribution >= 0.6 is 15.9 Å². The lowest BCUT2D eigenvalue weighted by molar-refractivity contribution is 0.626. The number of hydrogen-bond acceptors (Lipinski definition) is 4. The van der Waals surface area contributed by atoms with Gasteiger partial charge in [-0.3, -0.25) is 4.79 Å². The number of anilines is 1. The highest BCUT2D eigenvalue weighted by molar-refractivity contribution is 9.10. The van der Waals surface area contributed by atoms with Gasteiger partial charge in [-0.2, -0.15) is 0 Å². The summed E-state index contributed by atoms with van der Waals surface area (Å²) >= 11 is 3.36. The van der Waals surface area contributed by atoms with Crippen LogP contribution in [0, 0.1) is 0 Å². The number of H-pyrrole nitrogens is 1. The summed E-state index contributed by atoms with van der Waals surface area (Å²) in [6, 6.07) is 12.8. The summed E-state index contributed by atoms with van der Waals surface area (Å²) in [6.07, 6.45) is 0. The van der Waals surface area contributed by atoms with E-state index >= 15 is 0 Å². The van der Waals surface area contributed by atoms with Crippen LogP contribution in [0.15, 0.2) is 56.1 Å². The summed E-state index contributed by atoms with van der Waals surface area (Å²) in [7, 11) is 0. The lowest BCUT2D eigenvalue weighted by Crippen LogP contribution is -2.09. The van der Waals surface area contributed by atoms with Gasteiger partial charge in [0, 0.05) is 4.47 Å². The second kappa shape index (κ2) is 4.71. The SMILES string of the molecule is Nc1oc2ccc(Br)cc2c(=O)c1-c1nc2ccccc2[nH]1. The van der Waals surface area contributed by atoms with Gasteiger partial charge in [-0.05, 0) is 30.3 Å². The zero-order chi connectivity index (χ0) is 15.3. The largest absolute Gasteiger partial charge is 0.440 e. The number of nitrogen functional groups attached to an aromatic ring is 1. The molecule has 4 aromatic rings. The molecule has 108 valence electrons. The normalized spacial score (nSPS) is 11.3. The maximum Gasteiger partial charge on any atom is 0.205 e. The molecule has 6 heteroatoms. The number of aromatic amines is 1. The van der Waals surface area contributed by atoms with Crippen molar-refractivity contribution in [1.82, 2.24) is 9.97 Å². The van der Waals surface area contributed by atoms with Crippen molar-refractivity contribution in [3.63, 3.8) is 0 Å². The van der Waals surface area contributed by atoms with Gasteiger partial charge in [0.2, 0.25) is 11.3 Å². The number of nitrogens with zero attached hydrogens (tertiary/aromatic N) is 1. The maximum atomic E-state index is 12.8. The summed E-state index contributed by atoms with van der Waals surface area (Å²) in [4.78, 5) is 20.3. The lowest BCUT2D eigenvalue weighted by Gasteiger charge is -2.04. The van der Waals surface area contributed by atoms with Gasteiger partial charge in [-0.15, -0.1) is 0 Å². The minimum atomic E-state index is -0.209. The van der Waals surface area contributed by atoms with Crippen LogP contribution in [0.3, 0.4) is 0 Å². The molecule has 0 atom stereocenters. The monoisotopic (exact) mass is 355 g/mol. The van der Waals surface area contributed by atoms with Crippen LogP contribution in [0.25, 0.3) is 33.4 Å². The van der Waals surface area contributed by atoms with Crippen LogP contribution in [-0.4, -0.2) is 9.97 Å². The predicted molar refractivity (Wildman–Crippen MR) is 89.7 cm³/mol. The van der Waals surface area contributed by atoms with E-state index < -0.39 is 0 Å². The number of hydrogen-bond donors (Lipinski definition) is 2. The third kappa shape index (κ3) is 1.92. The van der Waals surface area contributed by atoms with E-state index in [-0.39, 0.29) is 16.9 Å². The quantitative estimate of drug-likeness (QED) is 0.545. The third-order valence-electron chi connectivity index (χ3n) is 3.51. The summed E-state index contributed by atoms with van der Waals surface area (Å²) in [6.45, 7) is 0. The molecule has 0 aliphatic heterocycles. The molecule has 0 bridgehead atoms. The molecule has 0 amide bonds. The Morgan fingerprint density at radius 3 is 2.82 bits per heavy atom. The highest BCUT2D eigenvalue weighted by Crippen LogP contribution is 2.27. The minimum Gasteiger partial charge on any atom is -0.440 e. The van der Waals surface area contributed by atoms with E-state index in [1.807, 2.05) is 24.3 Å². The Labute approximate surface area is 132 Å². The van der Waals surface area contributed by atoms with E-state index in [9.17, 15) is 4.79 Å². The number of imidazole rings is 1. The fourth-order valence-corrected chi connectivity index (χ4v) is 2.84. The topological polar surface area (TPSA) is 84.9 Å². The van der Waals surface area contributed by atoms with E-state index in [0.717, 1.165) is 15.5 Å². The molecule has 3 N–H and O–H groups in total. The fourth-order valence-electron chi connectivity index (χ4n) is 2.48. The van der Waals surface area contributed by atoms with E-state index in [4.69, 9.17) is 10.2 Å². The van der Waals surface area contributed by atoms with Crippen molar-refractivity contribution in [2.24, 2.45) is 0 Å². The smallest absolute Gasteiger partial charge is 0.205 e. The number of fused-ring (bicyclic) bond motifs is 2. The van der Waals surface area contributed by atoms with E-state index in [2.05, 4.69) is 25.9 Å². The average molecular weight is 356 g/mol. The van der Waals surface area contributed by atoms with Crippen molar-refractivity contribution >= 4 is 43.8 Å². The molecule has 0 saturated heterocycles. The van der Waals surface area contributed by atoms with Crippen molar-refractivity contribution < 1.29 is 4.42 Å². The van der Waals surface area contributed by atoms with Crippen molar-refractivity contribution in [2.45, 2.75) is 0 Å². The molecule has 2 aromatic carbocycles. The van der Waals surface area contributed by atoms with Gasteiger partial charge in [0.05, 0.1) is 16.4 Å². The molecule has 0 aliphatic carbocycles. The van der Waals surface area contributed by atoms with Crippen LogP contribution in [-0.2, 0) is 0 Å². The number of nitrogens with two attached hydrogens (primary N) is 1. The van der Waals surface area contributed by atoms with Gasteiger partial charge in [0.15, 0.2) is 0 Å². The second-order valence-electron chi connectivity index (χ2n) is 4.91. The molecule has 0 unspecified atom stereocenters. The average Bonchev–Trinajstić information content (AvgIpc) is 2.91. The first-order valence-electron chi connectivity index (χ1n) is 6.60. The molecule has 4 rings (SSSR count). The first-order chi connectivity index (χ1) is 10.6. The van der Waals surface area contributed by atoms with Crippen LogP contribution in [0.1, 0.15) is 0 Å². The molecule has 0 aliphatic rings. The van der Waals surface area contributed by atoms with Gasteiger partial charge >= 0.3 is 0 Å². The van der Waals surface area contributed by atoms with E-state index in [0.29, 0.717) is 16.8 Å². The van der Waals surface area contributed by atoms with Crippen LogP contribution < -0.4 is 11.2 Å². The van der Waals surface area contributed by atoms with Gasteiger partial charge in [0.1, 0.15) is 17.0 Å². The summed E-state index contributed by atoms with van der Waals surface area (Å²) in [5, 5.41) is 0.457. The molecule has 0 spiro atoms. The Bertz CT molecular complexity index is 1050. The molecular formula is C16H10BrN3O2. The number of halogens is 1. The Balaban J connectivity index is 2.07. The first kappa shape index (κ1) is 13.1. The maximum absolute atomic E-state index is 12.8. The highest BCUT2D eigenvalue weighted by atomic mass is 79.9. The summed E-state index contributed by atoms with van der Waals surface area (Å²) in [5.41, 5.74) is 8.04. The zero-order valence-electron chi connectivity index (χ0n) is 11.3. The summed E-state index contributed by atoms with van der Waals surface area (Å²) < 4.78 is 6.37. The molecule has 0 radical (unpaired) electrons. The van der Waals surface area contributed by atoms with Crippen LogP contribution in [0.2, 0.25) is 0 Å². The Morgan fingerprint density at radius 1 is 1.18 bits per heavy atom. The number of aromatic nitrogens is 2. The molecular weight excluding hydrogens is 346 g/mol. The van der Waals surface area contributed by atoms with Crippen molar-refractivity contribution in [3.8, 4) is 11.4 Å². The Morgan fingerprint density at radius 2 is 2.00 bits per heavy atom. The van der Waals surface area contributed by atoms with Crippen molar-refractivity contribution in [1.29, 1.82) is 0 Å². The number of nitrogens with one attached hydrogen (secondary N) is 1. The van der Waals surface area contributed by atoms with Crippen molar-refractivity contribution in [2.75, 3.05) is 5.73 Å². The summed E-state index contributed by atoms with van der Waals surface area (Å²) in [5.74, 6) is 0.466. The Kier molecular flexibility index (Phi) is 2.80. The van der Waals surface area contributed by atoms with Crippen LogP contribution in [0.5, 0.6) is 0 Å². The second-order valence-corrected chi connectivity index (χ2v) is 5.83. The van der Waals surface area contributed by atoms with Crippen LogP contribution in [0.4, 0.5) is 5.88 Å².